The molecule has 2 aromatic rings. The van der Waals surface area contributed by atoms with E-state index >= 15 is 0 Å². The van der Waals surface area contributed by atoms with Gasteiger partial charge in [0.15, 0.2) is 0 Å². The molecule has 0 amide bonds. The van der Waals surface area contributed by atoms with Crippen molar-refractivity contribution in [3.8, 4) is 17.1 Å². The fourth-order valence-corrected chi connectivity index (χ4v) is 2.13. The lowest BCUT2D eigenvalue weighted by Crippen LogP contribution is -2.33. The summed E-state index contributed by atoms with van der Waals surface area (Å²) in [4.78, 5) is 4.42. The van der Waals surface area contributed by atoms with Crippen LogP contribution in [0.3, 0.4) is 0 Å². The van der Waals surface area contributed by atoms with Gasteiger partial charge in [0.2, 0.25) is 5.82 Å². The maximum atomic E-state index is 5.60. The van der Waals surface area contributed by atoms with Crippen LogP contribution in [0.4, 0.5) is 0 Å². The van der Waals surface area contributed by atoms with Gasteiger partial charge in [-0.2, -0.15) is 4.98 Å². The van der Waals surface area contributed by atoms with E-state index in [4.69, 9.17) is 14.0 Å². The molecule has 1 N–H and O–H groups in total. The Morgan fingerprint density at radius 2 is 2.30 bits per heavy atom. The Labute approximate surface area is 117 Å². The summed E-state index contributed by atoms with van der Waals surface area (Å²) >= 11 is 0. The number of aromatic nitrogens is 2. The highest BCUT2D eigenvalue weighted by Crippen LogP contribution is 2.29. The highest BCUT2D eigenvalue weighted by atomic mass is 16.5. The van der Waals surface area contributed by atoms with Crippen molar-refractivity contribution in [2.75, 3.05) is 26.3 Å². The quantitative estimate of drug-likeness (QED) is 0.917. The number of benzene rings is 1. The number of hydrogen-bond acceptors (Lipinski definition) is 6. The van der Waals surface area contributed by atoms with Crippen LogP contribution in [0.5, 0.6) is 5.75 Å². The van der Waals surface area contributed by atoms with Crippen LogP contribution in [-0.2, 0) is 4.74 Å². The van der Waals surface area contributed by atoms with Crippen molar-refractivity contribution >= 4 is 0 Å². The van der Waals surface area contributed by atoms with Crippen LogP contribution in [0.2, 0.25) is 0 Å². The Kier molecular flexibility index (Phi) is 3.94. The molecule has 1 aliphatic heterocycles. The molecule has 1 aromatic carbocycles. The molecule has 1 fully saturated rings. The number of nitrogens with one attached hydrogen (secondary N) is 1. The molecule has 0 bridgehead atoms. The predicted molar refractivity (Wildman–Crippen MR) is 72.5 cm³/mol. The molecule has 6 heteroatoms. The van der Waals surface area contributed by atoms with E-state index in [2.05, 4.69) is 15.5 Å². The maximum absolute atomic E-state index is 5.60. The zero-order chi connectivity index (χ0) is 13.8. The molecule has 1 saturated heterocycles. The fourth-order valence-electron chi connectivity index (χ4n) is 2.13. The largest absolute Gasteiger partial charge is 0.493 e. The number of rotatable bonds is 4. The average molecular weight is 275 g/mol. The first-order valence-corrected chi connectivity index (χ1v) is 6.76. The van der Waals surface area contributed by atoms with Gasteiger partial charge in [0.05, 0.1) is 18.8 Å². The van der Waals surface area contributed by atoms with Gasteiger partial charge in [-0.05, 0) is 19.1 Å². The topological polar surface area (TPSA) is 69.4 Å². The summed E-state index contributed by atoms with van der Waals surface area (Å²) in [6.45, 7) is 4.73. The van der Waals surface area contributed by atoms with Gasteiger partial charge < -0.3 is 19.3 Å². The normalized spacial score (nSPS) is 18.9. The van der Waals surface area contributed by atoms with Crippen LogP contribution in [0, 0.1) is 0 Å². The standard InChI is InChI=1S/C14H17N3O3/c1-2-18-11-6-4-3-5-10(11)13-16-14(20-17-13)12-9-15-7-8-19-12/h3-6,12,15H,2,7-9H2,1H3. The molecule has 6 nitrogen and oxygen atoms in total. The number of hydrogen-bond donors (Lipinski definition) is 1. The van der Waals surface area contributed by atoms with Crippen LogP contribution >= 0.6 is 0 Å². The van der Waals surface area contributed by atoms with Gasteiger partial charge in [-0.3, -0.25) is 0 Å². The summed E-state index contributed by atoms with van der Waals surface area (Å²) < 4.78 is 16.5. The Morgan fingerprint density at radius 1 is 1.40 bits per heavy atom. The van der Waals surface area contributed by atoms with E-state index in [1.807, 2.05) is 31.2 Å². The first-order valence-electron chi connectivity index (χ1n) is 6.76. The first-order chi connectivity index (χ1) is 9.88. The Balaban J connectivity index is 1.86. The molecular formula is C14H17N3O3. The molecule has 2 heterocycles. The molecule has 1 aliphatic rings. The molecular weight excluding hydrogens is 258 g/mol. The first kappa shape index (κ1) is 13.1. The molecule has 0 saturated carbocycles. The van der Waals surface area contributed by atoms with Gasteiger partial charge in [-0.15, -0.1) is 0 Å². The van der Waals surface area contributed by atoms with Gasteiger partial charge in [0, 0.05) is 13.1 Å². The van der Waals surface area contributed by atoms with Crippen LogP contribution < -0.4 is 10.1 Å². The molecule has 0 aliphatic carbocycles. The zero-order valence-electron chi connectivity index (χ0n) is 11.3. The molecule has 1 atom stereocenters. The highest BCUT2D eigenvalue weighted by molar-refractivity contribution is 5.63. The molecule has 20 heavy (non-hydrogen) atoms. The Bertz CT molecular complexity index is 564. The maximum Gasteiger partial charge on any atom is 0.257 e. The minimum atomic E-state index is -0.177. The van der Waals surface area contributed by atoms with E-state index in [1.165, 1.54) is 0 Å². The van der Waals surface area contributed by atoms with Crippen LogP contribution in [0.1, 0.15) is 18.9 Å². The number of ether oxygens (including phenoxy) is 2. The van der Waals surface area contributed by atoms with Gasteiger partial charge >= 0.3 is 0 Å². The summed E-state index contributed by atoms with van der Waals surface area (Å²) in [5.41, 5.74) is 0.827. The molecule has 3 rings (SSSR count). The number of nitrogens with zero attached hydrogens (tertiary/aromatic N) is 2. The lowest BCUT2D eigenvalue weighted by molar-refractivity contribution is 0.00755. The molecule has 0 radical (unpaired) electrons. The lowest BCUT2D eigenvalue weighted by Gasteiger charge is -2.19. The van der Waals surface area contributed by atoms with E-state index < -0.39 is 0 Å². The summed E-state index contributed by atoms with van der Waals surface area (Å²) in [6.07, 6.45) is -0.177. The second-order valence-electron chi connectivity index (χ2n) is 4.45. The second kappa shape index (κ2) is 6.02. The lowest BCUT2D eigenvalue weighted by atomic mass is 10.2. The third-order valence-electron chi connectivity index (χ3n) is 3.07. The summed E-state index contributed by atoms with van der Waals surface area (Å²) in [5, 5.41) is 7.27. The predicted octanol–water partition coefficient (Wildman–Crippen LogP) is 1.80. The molecule has 1 aromatic heterocycles. The summed E-state index contributed by atoms with van der Waals surface area (Å²) in [6, 6.07) is 7.66. The van der Waals surface area contributed by atoms with E-state index in [0.717, 1.165) is 17.9 Å². The van der Waals surface area contributed by atoms with Crippen molar-refractivity contribution in [1.82, 2.24) is 15.5 Å². The Morgan fingerprint density at radius 3 is 3.10 bits per heavy atom. The van der Waals surface area contributed by atoms with Crippen molar-refractivity contribution in [2.45, 2.75) is 13.0 Å². The van der Waals surface area contributed by atoms with Crippen LogP contribution in [0.15, 0.2) is 28.8 Å². The van der Waals surface area contributed by atoms with Crippen molar-refractivity contribution in [3.63, 3.8) is 0 Å². The molecule has 106 valence electrons. The zero-order valence-corrected chi connectivity index (χ0v) is 11.3. The monoisotopic (exact) mass is 275 g/mol. The smallest absolute Gasteiger partial charge is 0.257 e. The Hall–Kier alpha value is -1.92. The highest BCUT2D eigenvalue weighted by Gasteiger charge is 2.23. The number of morpholine rings is 1. The summed E-state index contributed by atoms with van der Waals surface area (Å²) in [5.74, 6) is 1.78. The van der Waals surface area contributed by atoms with E-state index in [-0.39, 0.29) is 6.10 Å². The van der Waals surface area contributed by atoms with Gasteiger partial charge in [-0.1, -0.05) is 17.3 Å². The minimum absolute atomic E-state index is 0.177. The third-order valence-corrected chi connectivity index (χ3v) is 3.07. The van der Waals surface area contributed by atoms with Gasteiger partial charge in [0.25, 0.3) is 5.89 Å². The van der Waals surface area contributed by atoms with Crippen molar-refractivity contribution < 1.29 is 14.0 Å². The SMILES string of the molecule is CCOc1ccccc1-c1noc(C2CNCCO2)n1. The third kappa shape index (κ3) is 2.66. The minimum Gasteiger partial charge on any atom is -0.493 e. The second-order valence-corrected chi connectivity index (χ2v) is 4.45. The van der Waals surface area contributed by atoms with Crippen molar-refractivity contribution in [1.29, 1.82) is 0 Å². The fraction of sp³-hybridized carbons (Fsp3) is 0.429. The van der Waals surface area contributed by atoms with E-state index in [9.17, 15) is 0 Å². The van der Waals surface area contributed by atoms with E-state index in [1.54, 1.807) is 0 Å². The van der Waals surface area contributed by atoms with E-state index in [0.29, 0.717) is 31.5 Å². The van der Waals surface area contributed by atoms with Crippen molar-refractivity contribution in [3.05, 3.63) is 30.2 Å². The number of para-hydroxylation sites is 1. The van der Waals surface area contributed by atoms with Gasteiger partial charge in [-0.25, -0.2) is 0 Å². The average Bonchev–Trinajstić information content (AvgIpc) is 2.99. The molecule has 1 unspecified atom stereocenters. The van der Waals surface area contributed by atoms with Crippen molar-refractivity contribution in [2.24, 2.45) is 0 Å². The van der Waals surface area contributed by atoms with Crippen LogP contribution in [0.25, 0.3) is 11.4 Å². The van der Waals surface area contributed by atoms with Crippen LogP contribution in [-0.4, -0.2) is 36.4 Å². The summed E-state index contributed by atoms with van der Waals surface area (Å²) in [7, 11) is 0. The molecule has 0 spiro atoms. The van der Waals surface area contributed by atoms with Gasteiger partial charge in [0.1, 0.15) is 11.9 Å².